The Morgan fingerprint density at radius 2 is 1.85 bits per heavy atom. The van der Waals surface area contributed by atoms with Crippen LogP contribution in [0.4, 0.5) is 4.39 Å². The number of imidazole rings is 1. The molecule has 3 aromatic rings. The SMILES string of the molecule is C=NCc1cc(F)ccc1-c1ccc2c(c1)n(C)c(=O)n2CC(C)(C)C. The maximum absolute atomic E-state index is 13.6. The Morgan fingerprint density at radius 1 is 1.12 bits per heavy atom. The quantitative estimate of drug-likeness (QED) is 0.641. The van der Waals surface area contributed by atoms with E-state index in [0.29, 0.717) is 13.1 Å². The predicted octanol–water partition coefficient (Wildman–Crippen LogP) is 4.39. The predicted molar refractivity (Wildman–Crippen MR) is 105 cm³/mol. The number of rotatable bonds is 4. The number of fused-ring (bicyclic) bond motifs is 1. The molecule has 0 radical (unpaired) electrons. The molecule has 2 aromatic carbocycles. The van der Waals surface area contributed by atoms with Crippen LogP contribution in [0, 0.1) is 11.2 Å². The van der Waals surface area contributed by atoms with Crippen molar-refractivity contribution in [3.05, 3.63) is 58.3 Å². The molecule has 1 heterocycles. The van der Waals surface area contributed by atoms with Crippen LogP contribution in [-0.2, 0) is 20.1 Å². The van der Waals surface area contributed by atoms with Gasteiger partial charge in [-0.05, 0) is 53.1 Å². The van der Waals surface area contributed by atoms with Gasteiger partial charge in [0.1, 0.15) is 5.82 Å². The summed E-state index contributed by atoms with van der Waals surface area (Å²) in [6, 6.07) is 10.6. The number of nitrogens with zero attached hydrogens (tertiary/aromatic N) is 3. The minimum Gasteiger partial charge on any atom is -0.296 e. The summed E-state index contributed by atoms with van der Waals surface area (Å²) in [6.07, 6.45) is 0. The van der Waals surface area contributed by atoms with Gasteiger partial charge in [0.15, 0.2) is 0 Å². The number of aromatic nitrogens is 2. The first-order valence-corrected chi connectivity index (χ1v) is 8.62. The van der Waals surface area contributed by atoms with E-state index in [4.69, 9.17) is 0 Å². The number of benzene rings is 2. The van der Waals surface area contributed by atoms with E-state index in [9.17, 15) is 9.18 Å². The maximum Gasteiger partial charge on any atom is 0.328 e. The Kier molecular flexibility index (Phi) is 4.57. The second-order valence-corrected chi connectivity index (χ2v) is 7.88. The van der Waals surface area contributed by atoms with Gasteiger partial charge in [-0.2, -0.15) is 0 Å². The number of hydrogen-bond donors (Lipinski definition) is 0. The van der Waals surface area contributed by atoms with Gasteiger partial charge in [0.2, 0.25) is 0 Å². The van der Waals surface area contributed by atoms with Crippen LogP contribution in [0.1, 0.15) is 26.3 Å². The van der Waals surface area contributed by atoms with E-state index in [0.717, 1.165) is 27.7 Å². The van der Waals surface area contributed by atoms with Gasteiger partial charge in [0.25, 0.3) is 0 Å². The fourth-order valence-corrected chi connectivity index (χ4v) is 3.30. The third-order valence-corrected chi connectivity index (χ3v) is 4.44. The number of aryl methyl sites for hydroxylation is 1. The summed E-state index contributed by atoms with van der Waals surface area (Å²) in [5.74, 6) is -0.294. The number of hydrogen-bond acceptors (Lipinski definition) is 2. The molecule has 0 saturated carbocycles. The third kappa shape index (κ3) is 3.34. The fraction of sp³-hybridized carbons (Fsp3) is 0.333. The van der Waals surface area contributed by atoms with Crippen molar-refractivity contribution in [2.24, 2.45) is 17.5 Å². The highest BCUT2D eigenvalue weighted by atomic mass is 19.1. The van der Waals surface area contributed by atoms with Crippen LogP contribution in [0.2, 0.25) is 0 Å². The van der Waals surface area contributed by atoms with E-state index < -0.39 is 0 Å². The minimum atomic E-state index is -0.294. The summed E-state index contributed by atoms with van der Waals surface area (Å²) in [4.78, 5) is 16.6. The maximum atomic E-state index is 13.6. The molecule has 0 aliphatic carbocycles. The van der Waals surface area contributed by atoms with E-state index in [1.807, 2.05) is 22.8 Å². The lowest BCUT2D eigenvalue weighted by Crippen LogP contribution is -2.27. The molecule has 1 aromatic heterocycles. The lowest BCUT2D eigenvalue weighted by Gasteiger charge is -2.18. The van der Waals surface area contributed by atoms with Crippen LogP contribution < -0.4 is 5.69 Å². The van der Waals surface area contributed by atoms with Crippen LogP contribution in [0.25, 0.3) is 22.2 Å². The third-order valence-electron chi connectivity index (χ3n) is 4.44. The van der Waals surface area contributed by atoms with E-state index in [1.165, 1.54) is 12.1 Å². The van der Waals surface area contributed by atoms with Gasteiger partial charge in [0, 0.05) is 13.6 Å². The van der Waals surface area contributed by atoms with Gasteiger partial charge in [-0.1, -0.05) is 32.9 Å². The Balaban J connectivity index is 2.19. The van der Waals surface area contributed by atoms with E-state index in [-0.39, 0.29) is 16.9 Å². The molecular weight excluding hydrogens is 329 g/mol. The van der Waals surface area contributed by atoms with Crippen molar-refractivity contribution in [2.45, 2.75) is 33.9 Å². The molecule has 0 saturated heterocycles. The largest absolute Gasteiger partial charge is 0.328 e. The first-order valence-electron chi connectivity index (χ1n) is 8.62. The van der Waals surface area contributed by atoms with Gasteiger partial charge < -0.3 is 0 Å². The number of aliphatic imine (C=N–C) groups is 1. The molecule has 0 aliphatic rings. The second kappa shape index (κ2) is 6.56. The Morgan fingerprint density at radius 3 is 2.50 bits per heavy atom. The molecule has 0 spiro atoms. The van der Waals surface area contributed by atoms with Gasteiger partial charge in [-0.3, -0.25) is 14.1 Å². The van der Waals surface area contributed by atoms with Crippen LogP contribution in [-0.4, -0.2) is 15.9 Å². The van der Waals surface area contributed by atoms with E-state index >= 15 is 0 Å². The average molecular weight is 353 g/mol. The fourth-order valence-electron chi connectivity index (χ4n) is 3.30. The molecule has 136 valence electrons. The van der Waals surface area contributed by atoms with Crippen molar-refractivity contribution in [3.63, 3.8) is 0 Å². The lowest BCUT2D eigenvalue weighted by atomic mass is 9.96. The molecule has 5 heteroatoms. The second-order valence-electron chi connectivity index (χ2n) is 7.88. The number of halogens is 1. The molecular formula is C21H24FN3O. The van der Waals surface area contributed by atoms with Crippen molar-refractivity contribution in [1.29, 1.82) is 0 Å². The van der Waals surface area contributed by atoms with Crippen LogP contribution in [0.5, 0.6) is 0 Å². The van der Waals surface area contributed by atoms with Crippen LogP contribution in [0.15, 0.2) is 46.2 Å². The summed E-state index contributed by atoms with van der Waals surface area (Å²) in [7, 11) is 1.78. The summed E-state index contributed by atoms with van der Waals surface area (Å²) in [5.41, 5.74) is 4.34. The Hall–Kier alpha value is -2.69. The smallest absolute Gasteiger partial charge is 0.296 e. The zero-order chi connectivity index (χ0) is 19.1. The summed E-state index contributed by atoms with van der Waals surface area (Å²) < 4.78 is 17.1. The molecule has 0 N–H and O–H groups in total. The first kappa shape index (κ1) is 18.1. The molecule has 0 unspecified atom stereocenters. The van der Waals surface area contributed by atoms with E-state index in [1.54, 1.807) is 17.7 Å². The van der Waals surface area contributed by atoms with Crippen molar-refractivity contribution in [2.75, 3.05) is 0 Å². The molecule has 4 nitrogen and oxygen atoms in total. The normalized spacial score (nSPS) is 11.9. The van der Waals surface area contributed by atoms with Crippen LogP contribution in [0.3, 0.4) is 0 Å². The van der Waals surface area contributed by atoms with Crippen molar-refractivity contribution >= 4 is 17.8 Å². The Labute approximate surface area is 152 Å². The monoisotopic (exact) mass is 353 g/mol. The zero-order valence-electron chi connectivity index (χ0n) is 15.7. The topological polar surface area (TPSA) is 39.3 Å². The molecule has 0 atom stereocenters. The zero-order valence-corrected chi connectivity index (χ0v) is 15.7. The summed E-state index contributed by atoms with van der Waals surface area (Å²) in [6.45, 7) is 10.8. The molecule has 26 heavy (non-hydrogen) atoms. The lowest BCUT2D eigenvalue weighted by molar-refractivity contribution is 0.342. The van der Waals surface area contributed by atoms with Crippen molar-refractivity contribution in [1.82, 2.24) is 9.13 Å². The van der Waals surface area contributed by atoms with Gasteiger partial charge in [0.05, 0.1) is 17.6 Å². The van der Waals surface area contributed by atoms with E-state index in [2.05, 4.69) is 32.5 Å². The van der Waals surface area contributed by atoms with Crippen molar-refractivity contribution in [3.8, 4) is 11.1 Å². The van der Waals surface area contributed by atoms with Gasteiger partial charge >= 0.3 is 5.69 Å². The highest BCUT2D eigenvalue weighted by Crippen LogP contribution is 2.29. The molecule has 0 amide bonds. The first-order chi connectivity index (χ1) is 12.2. The minimum absolute atomic E-state index is 0.00343. The standard InChI is InChI=1S/C21H24FN3O/c1-21(2,3)13-25-18-9-6-14(11-19(18)24(5)20(25)26)17-8-7-16(22)10-15(17)12-23-4/h6-11H,4,12-13H2,1-3,5H3. The Bertz CT molecular complexity index is 1040. The molecule has 0 fully saturated rings. The molecule has 0 bridgehead atoms. The van der Waals surface area contributed by atoms with Gasteiger partial charge in [-0.25, -0.2) is 9.18 Å². The van der Waals surface area contributed by atoms with Crippen molar-refractivity contribution < 1.29 is 4.39 Å². The average Bonchev–Trinajstić information content (AvgIpc) is 2.79. The summed E-state index contributed by atoms with van der Waals surface area (Å²) >= 11 is 0. The molecule has 3 rings (SSSR count). The highest BCUT2D eigenvalue weighted by Gasteiger charge is 2.18. The molecule has 0 aliphatic heterocycles. The summed E-state index contributed by atoms with van der Waals surface area (Å²) in [5, 5.41) is 0. The van der Waals surface area contributed by atoms with Crippen LogP contribution >= 0.6 is 0 Å². The highest BCUT2D eigenvalue weighted by molar-refractivity contribution is 5.83. The van der Waals surface area contributed by atoms with Gasteiger partial charge in [-0.15, -0.1) is 0 Å².